The number of pyridine rings is 1. The number of ether oxygens (including phenoxy) is 1. The minimum absolute atomic E-state index is 0.0741. The number of nitrogens with zero attached hydrogens (tertiary/aromatic N) is 1. The third-order valence-corrected chi connectivity index (χ3v) is 3.07. The van der Waals surface area contributed by atoms with Gasteiger partial charge in [-0.25, -0.2) is 4.98 Å². The van der Waals surface area contributed by atoms with E-state index < -0.39 is 0 Å². The molecule has 0 spiro atoms. The second-order valence-electron chi connectivity index (χ2n) is 3.65. The summed E-state index contributed by atoms with van der Waals surface area (Å²) < 4.78 is 6.33. The molecule has 0 aliphatic heterocycles. The van der Waals surface area contributed by atoms with Gasteiger partial charge in [0.1, 0.15) is 11.6 Å². The standard InChI is InChI=1S/C13H10ClIN2O2/c14-9-1-4-11(5-2-9)19-8-13(18)17-12-6-3-10(15)7-16-12/h1-7H,8H2,(H,16,17,18). The van der Waals surface area contributed by atoms with Crippen LogP contribution < -0.4 is 10.1 Å². The van der Waals surface area contributed by atoms with Gasteiger partial charge in [-0.15, -0.1) is 0 Å². The highest BCUT2D eigenvalue weighted by atomic mass is 127. The first kappa shape index (κ1) is 14.1. The number of hydrogen-bond acceptors (Lipinski definition) is 3. The molecule has 2 aromatic rings. The van der Waals surface area contributed by atoms with Crippen molar-refractivity contribution in [2.75, 3.05) is 11.9 Å². The molecule has 1 N–H and O–H groups in total. The van der Waals surface area contributed by atoms with E-state index in [0.717, 1.165) is 3.57 Å². The van der Waals surface area contributed by atoms with E-state index in [1.165, 1.54) is 0 Å². The number of carbonyl (C=O) groups excluding carboxylic acids is 1. The predicted octanol–water partition coefficient (Wildman–Crippen LogP) is 3.36. The summed E-state index contributed by atoms with van der Waals surface area (Å²) in [4.78, 5) is 15.7. The maximum atomic E-state index is 11.6. The zero-order chi connectivity index (χ0) is 13.7. The molecular formula is C13H10ClIN2O2. The molecule has 6 heteroatoms. The second-order valence-corrected chi connectivity index (χ2v) is 5.33. The molecule has 1 aromatic carbocycles. The summed E-state index contributed by atoms with van der Waals surface area (Å²) in [6.45, 7) is -0.0741. The van der Waals surface area contributed by atoms with Crippen LogP contribution in [0.25, 0.3) is 0 Å². The smallest absolute Gasteiger partial charge is 0.263 e. The molecule has 0 radical (unpaired) electrons. The molecule has 0 aliphatic rings. The van der Waals surface area contributed by atoms with Gasteiger partial charge >= 0.3 is 0 Å². The van der Waals surface area contributed by atoms with E-state index in [1.54, 1.807) is 36.5 Å². The number of halogens is 2. The van der Waals surface area contributed by atoms with Crippen LogP contribution in [0.3, 0.4) is 0 Å². The molecule has 98 valence electrons. The van der Waals surface area contributed by atoms with Crippen LogP contribution in [0.2, 0.25) is 5.02 Å². The zero-order valence-corrected chi connectivity index (χ0v) is 12.7. The first-order chi connectivity index (χ1) is 9.13. The Balaban J connectivity index is 1.84. The van der Waals surface area contributed by atoms with Gasteiger partial charge in [0.25, 0.3) is 5.91 Å². The van der Waals surface area contributed by atoms with Gasteiger partial charge in [0.2, 0.25) is 0 Å². The average Bonchev–Trinajstić information content (AvgIpc) is 2.41. The highest BCUT2D eigenvalue weighted by Crippen LogP contribution is 2.15. The molecule has 0 aliphatic carbocycles. The van der Waals surface area contributed by atoms with Gasteiger partial charge in [-0.05, 0) is 59.0 Å². The third-order valence-electron chi connectivity index (χ3n) is 2.18. The van der Waals surface area contributed by atoms with E-state index in [-0.39, 0.29) is 12.5 Å². The van der Waals surface area contributed by atoms with Crippen LogP contribution in [-0.2, 0) is 4.79 Å². The molecule has 19 heavy (non-hydrogen) atoms. The number of rotatable bonds is 4. The summed E-state index contributed by atoms with van der Waals surface area (Å²) in [6.07, 6.45) is 1.68. The van der Waals surface area contributed by atoms with Crippen molar-refractivity contribution in [2.24, 2.45) is 0 Å². The van der Waals surface area contributed by atoms with Crippen LogP contribution in [0.1, 0.15) is 0 Å². The van der Waals surface area contributed by atoms with Crippen LogP contribution in [0.15, 0.2) is 42.6 Å². The summed E-state index contributed by atoms with van der Waals surface area (Å²) in [5, 5.41) is 3.27. The fourth-order valence-corrected chi connectivity index (χ4v) is 1.75. The lowest BCUT2D eigenvalue weighted by molar-refractivity contribution is -0.118. The van der Waals surface area contributed by atoms with E-state index in [1.807, 2.05) is 6.07 Å². The minimum Gasteiger partial charge on any atom is -0.484 e. The number of carbonyl (C=O) groups is 1. The SMILES string of the molecule is O=C(COc1ccc(Cl)cc1)Nc1ccc(I)cn1. The molecule has 4 nitrogen and oxygen atoms in total. The van der Waals surface area contributed by atoms with Crippen molar-refractivity contribution in [3.63, 3.8) is 0 Å². The number of amides is 1. The average molecular weight is 389 g/mol. The van der Waals surface area contributed by atoms with E-state index in [9.17, 15) is 4.79 Å². The fraction of sp³-hybridized carbons (Fsp3) is 0.0769. The van der Waals surface area contributed by atoms with Crippen molar-refractivity contribution >= 4 is 45.9 Å². The summed E-state index contributed by atoms with van der Waals surface area (Å²) in [7, 11) is 0. The lowest BCUT2D eigenvalue weighted by Crippen LogP contribution is -2.20. The van der Waals surface area contributed by atoms with Crippen molar-refractivity contribution in [3.05, 3.63) is 51.2 Å². The van der Waals surface area contributed by atoms with Crippen molar-refractivity contribution < 1.29 is 9.53 Å². The molecule has 1 amide bonds. The van der Waals surface area contributed by atoms with Gasteiger partial charge in [-0.1, -0.05) is 11.6 Å². The number of anilines is 1. The fourth-order valence-electron chi connectivity index (χ4n) is 1.31. The lowest BCUT2D eigenvalue weighted by atomic mass is 10.3. The van der Waals surface area contributed by atoms with Gasteiger partial charge in [-0.3, -0.25) is 4.79 Å². The monoisotopic (exact) mass is 388 g/mol. The van der Waals surface area contributed by atoms with Crippen molar-refractivity contribution in [3.8, 4) is 5.75 Å². The largest absolute Gasteiger partial charge is 0.484 e. The first-order valence-electron chi connectivity index (χ1n) is 5.43. The van der Waals surface area contributed by atoms with E-state index in [2.05, 4.69) is 32.9 Å². The van der Waals surface area contributed by atoms with Gasteiger partial charge in [0.05, 0.1) is 0 Å². The van der Waals surface area contributed by atoms with Gasteiger partial charge in [0, 0.05) is 14.8 Å². The Morgan fingerprint density at radius 2 is 2.00 bits per heavy atom. The number of aromatic nitrogens is 1. The molecular weight excluding hydrogens is 379 g/mol. The minimum atomic E-state index is -0.261. The number of benzene rings is 1. The number of nitrogens with one attached hydrogen (secondary N) is 1. The van der Waals surface area contributed by atoms with E-state index >= 15 is 0 Å². The van der Waals surface area contributed by atoms with Crippen LogP contribution in [-0.4, -0.2) is 17.5 Å². The highest BCUT2D eigenvalue weighted by Gasteiger charge is 2.04. The maximum Gasteiger partial charge on any atom is 0.263 e. The molecule has 0 unspecified atom stereocenters. The normalized spacial score (nSPS) is 10.0. The Hall–Kier alpha value is -1.34. The van der Waals surface area contributed by atoms with Gasteiger partial charge < -0.3 is 10.1 Å². The Morgan fingerprint density at radius 3 is 2.63 bits per heavy atom. The molecule has 0 fully saturated rings. The Kier molecular flexibility index (Phi) is 4.98. The molecule has 0 saturated heterocycles. The summed E-state index contributed by atoms with van der Waals surface area (Å²) in [5.41, 5.74) is 0. The quantitative estimate of drug-likeness (QED) is 0.817. The maximum absolute atomic E-state index is 11.6. The Morgan fingerprint density at radius 1 is 1.26 bits per heavy atom. The Bertz CT molecular complexity index is 558. The van der Waals surface area contributed by atoms with Crippen LogP contribution in [0.4, 0.5) is 5.82 Å². The summed E-state index contributed by atoms with van der Waals surface area (Å²) in [6, 6.07) is 10.4. The zero-order valence-electron chi connectivity index (χ0n) is 9.77. The van der Waals surface area contributed by atoms with Gasteiger partial charge in [-0.2, -0.15) is 0 Å². The van der Waals surface area contributed by atoms with E-state index in [4.69, 9.17) is 16.3 Å². The van der Waals surface area contributed by atoms with Crippen molar-refractivity contribution in [1.82, 2.24) is 4.98 Å². The summed E-state index contributed by atoms with van der Waals surface area (Å²) >= 11 is 7.90. The number of hydrogen-bond donors (Lipinski definition) is 1. The lowest BCUT2D eigenvalue weighted by Gasteiger charge is -2.07. The molecule has 0 saturated carbocycles. The second kappa shape index (κ2) is 6.72. The third kappa shape index (κ3) is 4.68. The van der Waals surface area contributed by atoms with Gasteiger partial charge in [0.15, 0.2) is 6.61 Å². The molecule has 2 rings (SSSR count). The van der Waals surface area contributed by atoms with Crippen LogP contribution >= 0.6 is 34.2 Å². The Labute approximate surface area is 129 Å². The highest BCUT2D eigenvalue weighted by molar-refractivity contribution is 14.1. The molecule has 1 aromatic heterocycles. The molecule has 1 heterocycles. The van der Waals surface area contributed by atoms with Crippen LogP contribution in [0, 0.1) is 3.57 Å². The topological polar surface area (TPSA) is 51.2 Å². The molecule has 0 atom stereocenters. The van der Waals surface area contributed by atoms with Crippen LogP contribution in [0.5, 0.6) is 5.75 Å². The first-order valence-corrected chi connectivity index (χ1v) is 6.89. The predicted molar refractivity (Wildman–Crippen MR) is 82.5 cm³/mol. The van der Waals surface area contributed by atoms with E-state index in [0.29, 0.717) is 16.6 Å². The summed E-state index contributed by atoms with van der Waals surface area (Å²) in [5.74, 6) is 0.837. The molecule has 0 bridgehead atoms. The van der Waals surface area contributed by atoms with Crippen molar-refractivity contribution in [1.29, 1.82) is 0 Å². The van der Waals surface area contributed by atoms with Crippen molar-refractivity contribution in [2.45, 2.75) is 0 Å².